The molecular weight excluding hydrogens is 288 g/mol. The predicted octanol–water partition coefficient (Wildman–Crippen LogP) is 1.54. The van der Waals surface area contributed by atoms with Crippen LogP contribution in [0.2, 0.25) is 0 Å². The van der Waals surface area contributed by atoms with Crippen molar-refractivity contribution < 1.29 is 29.3 Å². The molecular formula is C16H22O6. The number of esters is 2. The normalized spacial score (nSPS) is 13.3. The summed E-state index contributed by atoms with van der Waals surface area (Å²) >= 11 is 0. The summed E-state index contributed by atoms with van der Waals surface area (Å²) in [5, 5.41) is 18.2. The van der Waals surface area contributed by atoms with Crippen molar-refractivity contribution in [2.45, 2.75) is 38.9 Å². The fraction of sp³-hybridized carbons (Fsp3) is 0.500. The van der Waals surface area contributed by atoms with Gasteiger partial charge in [-0.15, -0.1) is 0 Å². The molecule has 1 aromatic rings. The zero-order valence-corrected chi connectivity index (χ0v) is 12.8. The van der Waals surface area contributed by atoms with Gasteiger partial charge in [0.1, 0.15) is 12.2 Å². The Bertz CT molecular complexity index is 446. The van der Waals surface area contributed by atoms with E-state index in [0.29, 0.717) is 12.8 Å². The largest absolute Gasteiger partial charge is 0.456 e. The minimum absolute atomic E-state index is 0.0761. The highest BCUT2D eigenvalue weighted by Gasteiger charge is 2.22. The van der Waals surface area contributed by atoms with Gasteiger partial charge in [-0.2, -0.15) is 0 Å². The van der Waals surface area contributed by atoms with E-state index in [1.807, 2.05) is 0 Å². The van der Waals surface area contributed by atoms with Crippen LogP contribution in [0.4, 0.5) is 0 Å². The summed E-state index contributed by atoms with van der Waals surface area (Å²) in [7, 11) is 0. The van der Waals surface area contributed by atoms with Crippen molar-refractivity contribution in [2.75, 3.05) is 13.2 Å². The van der Waals surface area contributed by atoms with Crippen LogP contribution in [-0.2, 0) is 9.47 Å². The smallest absolute Gasteiger partial charge is 0.339 e. The summed E-state index contributed by atoms with van der Waals surface area (Å²) in [4.78, 5) is 24.3. The summed E-state index contributed by atoms with van der Waals surface area (Å²) < 4.78 is 10.3. The highest BCUT2D eigenvalue weighted by Crippen LogP contribution is 2.15. The van der Waals surface area contributed by atoms with E-state index in [1.165, 1.54) is 12.1 Å². The third-order valence-electron chi connectivity index (χ3n) is 3.23. The molecule has 0 bridgehead atoms. The van der Waals surface area contributed by atoms with Crippen molar-refractivity contribution in [3.63, 3.8) is 0 Å². The average molecular weight is 310 g/mol. The van der Waals surface area contributed by atoms with Gasteiger partial charge in [0.05, 0.1) is 24.3 Å². The number of hydrogen-bond donors (Lipinski definition) is 2. The Balaban J connectivity index is 2.93. The van der Waals surface area contributed by atoms with Crippen LogP contribution in [0.25, 0.3) is 0 Å². The minimum Gasteiger partial charge on any atom is -0.456 e. The van der Waals surface area contributed by atoms with E-state index in [9.17, 15) is 9.59 Å². The number of benzene rings is 1. The summed E-state index contributed by atoms with van der Waals surface area (Å²) in [6, 6.07) is 6.14. The Labute approximate surface area is 129 Å². The molecule has 0 aliphatic rings. The number of aliphatic hydroxyl groups is 2. The standard InChI is InChI=1S/C16H22O6/c1-3-11(9-17)21-15(19)13-7-5-6-8-14(13)16(20)22-12(4-2)10-18/h5-8,11-12,17-18H,3-4,9-10H2,1-2H3. The molecule has 2 unspecified atom stereocenters. The third-order valence-corrected chi connectivity index (χ3v) is 3.23. The molecule has 0 amide bonds. The monoisotopic (exact) mass is 310 g/mol. The van der Waals surface area contributed by atoms with Crippen LogP contribution >= 0.6 is 0 Å². The lowest BCUT2D eigenvalue weighted by atomic mass is 10.1. The lowest BCUT2D eigenvalue weighted by Gasteiger charge is -2.16. The number of rotatable bonds is 8. The molecule has 1 aromatic carbocycles. The van der Waals surface area contributed by atoms with Crippen LogP contribution in [0, 0.1) is 0 Å². The number of carbonyl (C=O) groups excluding carboxylic acids is 2. The SMILES string of the molecule is CCC(CO)OC(=O)c1ccccc1C(=O)OC(CC)CO. The van der Waals surface area contributed by atoms with E-state index in [2.05, 4.69) is 0 Å². The van der Waals surface area contributed by atoms with Gasteiger partial charge in [-0.1, -0.05) is 26.0 Å². The highest BCUT2D eigenvalue weighted by molar-refractivity contribution is 6.03. The van der Waals surface area contributed by atoms with Crippen molar-refractivity contribution in [1.29, 1.82) is 0 Å². The van der Waals surface area contributed by atoms with Gasteiger partial charge in [0.25, 0.3) is 0 Å². The molecule has 0 aliphatic carbocycles. The van der Waals surface area contributed by atoms with Crippen molar-refractivity contribution >= 4 is 11.9 Å². The van der Waals surface area contributed by atoms with Crippen molar-refractivity contribution in [2.24, 2.45) is 0 Å². The number of carbonyl (C=O) groups is 2. The lowest BCUT2D eigenvalue weighted by molar-refractivity contribution is 0.00883. The Kier molecular flexibility index (Phi) is 7.56. The topological polar surface area (TPSA) is 93.1 Å². The van der Waals surface area contributed by atoms with E-state index in [-0.39, 0.29) is 24.3 Å². The number of aliphatic hydroxyl groups excluding tert-OH is 2. The first-order valence-corrected chi connectivity index (χ1v) is 7.29. The van der Waals surface area contributed by atoms with Gasteiger partial charge in [-0.05, 0) is 25.0 Å². The van der Waals surface area contributed by atoms with Gasteiger partial charge in [-0.25, -0.2) is 9.59 Å². The molecule has 2 atom stereocenters. The summed E-state index contributed by atoms with van der Waals surface area (Å²) in [5.74, 6) is -1.38. The molecule has 0 radical (unpaired) electrons. The zero-order valence-electron chi connectivity index (χ0n) is 12.8. The molecule has 2 N–H and O–H groups in total. The number of ether oxygens (including phenoxy) is 2. The molecule has 6 nitrogen and oxygen atoms in total. The molecule has 0 aliphatic heterocycles. The molecule has 0 saturated heterocycles. The Morgan fingerprint density at radius 1 is 0.909 bits per heavy atom. The van der Waals surface area contributed by atoms with Crippen molar-refractivity contribution in [3.05, 3.63) is 35.4 Å². The van der Waals surface area contributed by atoms with Gasteiger partial charge < -0.3 is 19.7 Å². The lowest BCUT2D eigenvalue weighted by Crippen LogP contribution is -2.25. The Morgan fingerprint density at radius 2 is 1.27 bits per heavy atom. The summed E-state index contributed by atoms with van der Waals surface area (Å²) in [6.07, 6.45) is -0.288. The van der Waals surface area contributed by atoms with Gasteiger partial charge in [0.2, 0.25) is 0 Å². The van der Waals surface area contributed by atoms with Crippen LogP contribution in [0.15, 0.2) is 24.3 Å². The second kappa shape index (κ2) is 9.17. The van der Waals surface area contributed by atoms with Gasteiger partial charge >= 0.3 is 11.9 Å². The fourth-order valence-corrected chi connectivity index (χ4v) is 1.77. The maximum atomic E-state index is 12.1. The summed E-state index contributed by atoms with van der Waals surface area (Å²) in [6.45, 7) is 3.00. The maximum Gasteiger partial charge on any atom is 0.339 e. The second-order valence-corrected chi connectivity index (χ2v) is 4.78. The van der Waals surface area contributed by atoms with Crippen LogP contribution in [0.5, 0.6) is 0 Å². The van der Waals surface area contributed by atoms with E-state index in [0.717, 1.165) is 0 Å². The maximum absolute atomic E-state index is 12.1. The van der Waals surface area contributed by atoms with Gasteiger partial charge in [0.15, 0.2) is 0 Å². The molecule has 122 valence electrons. The van der Waals surface area contributed by atoms with E-state index >= 15 is 0 Å². The molecule has 0 aromatic heterocycles. The highest BCUT2D eigenvalue weighted by atomic mass is 16.6. The van der Waals surface area contributed by atoms with Gasteiger partial charge in [-0.3, -0.25) is 0 Å². The predicted molar refractivity (Wildman–Crippen MR) is 79.6 cm³/mol. The molecule has 1 rings (SSSR count). The van der Waals surface area contributed by atoms with Crippen LogP contribution in [0.1, 0.15) is 47.4 Å². The second-order valence-electron chi connectivity index (χ2n) is 4.78. The van der Waals surface area contributed by atoms with Crippen LogP contribution in [0.3, 0.4) is 0 Å². The first-order valence-electron chi connectivity index (χ1n) is 7.29. The molecule has 0 saturated carbocycles. The van der Waals surface area contributed by atoms with E-state index in [4.69, 9.17) is 19.7 Å². The molecule has 6 heteroatoms. The fourth-order valence-electron chi connectivity index (χ4n) is 1.77. The first-order chi connectivity index (χ1) is 10.6. The average Bonchev–Trinajstić information content (AvgIpc) is 2.56. The molecule has 0 fully saturated rings. The van der Waals surface area contributed by atoms with Crippen molar-refractivity contribution in [1.82, 2.24) is 0 Å². The molecule has 0 heterocycles. The number of hydrogen-bond acceptors (Lipinski definition) is 6. The minimum atomic E-state index is -0.689. The molecule has 0 spiro atoms. The third kappa shape index (κ3) is 4.82. The summed E-state index contributed by atoms with van der Waals surface area (Å²) in [5.41, 5.74) is 0.152. The first kappa shape index (κ1) is 18.1. The van der Waals surface area contributed by atoms with Crippen molar-refractivity contribution in [3.8, 4) is 0 Å². The van der Waals surface area contributed by atoms with E-state index < -0.39 is 24.1 Å². The zero-order chi connectivity index (χ0) is 16.5. The molecule has 22 heavy (non-hydrogen) atoms. The van der Waals surface area contributed by atoms with E-state index in [1.54, 1.807) is 26.0 Å². The van der Waals surface area contributed by atoms with Crippen LogP contribution in [-0.4, -0.2) is 47.6 Å². The quantitative estimate of drug-likeness (QED) is 0.708. The van der Waals surface area contributed by atoms with Gasteiger partial charge in [0, 0.05) is 0 Å². The Morgan fingerprint density at radius 3 is 1.55 bits per heavy atom. The van der Waals surface area contributed by atoms with Crippen LogP contribution < -0.4 is 0 Å². The Hall–Kier alpha value is -1.92.